The SMILES string of the molecule is CCN(CC1CCCO1)c1cccc(F)c1CN. The summed E-state index contributed by atoms with van der Waals surface area (Å²) in [5.74, 6) is -0.221. The lowest BCUT2D eigenvalue weighted by Gasteiger charge is -2.28. The Kier molecular flexibility index (Phi) is 4.55. The normalized spacial score (nSPS) is 19.2. The molecule has 0 saturated carbocycles. The molecule has 1 atom stereocenters. The number of nitrogens with two attached hydrogens (primary N) is 1. The van der Waals surface area contributed by atoms with Gasteiger partial charge < -0.3 is 15.4 Å². The topological polar surface area (TPSA) is 38.5 Å². The van der Waals surface area contributed by atoms with E-state index < -0.39 is 0 Å². The molecule has 1 saturated heterocycles. The molecule has 1 heterocycles. The molecule has 0 radical (unpaired) electrons. The van der Waals surface area contributed by atoms with E-state index in [9.17, 15) is 4.39 Å². The van der Waals surface area contributed by atoms with Crippen molar-refractivity contribution in [1.29, 1.82) is 0 Å². The fourth-order valence-electron chi connectivity index (χ4n) is 2.48. The van der Waals surface area contributed by atoms with Crippen LogP contribution in [0.3, 0.4) is 0 Å². The van der Waals surface area contributed by atoms with Crippen molar-refractivity contribution in [3.05, 3.63) is 29.6 Å². The molecule has 0 aromatic heterocycles. The van der Waals surface area contributed by atoms with E-state index in [0.717, 1.165) is 38.2 Å². The molecule has 1 aromatic carbocycles. The Bertz CT molecular complexity index is 391. The Balaban J connectivity index is 2.18. The van der Waals surface area contributed by atoms with Crippen molar-refractivity contribution in [1.82, 2.24) is 0 Å². The average Bonchev–Trinajstić information content (AvgIpc) is 2.88. The van der Waals surface area contributed by atoms with Crippen molar-refractivity contribution in [3.63, 3.8) is 0 Å². The molecule has 1 unspecified atom stereocenters. The summed E-state index contributed by atoms with van der Waals surface area (Å²) in [6.45, 7) is 4.78. The molecule has 1 aromatic rings. The second-order valence-corrected chi connectivity index (χ2v) is 4.62. The lowest BCUT2D eigenvalue weighted by atomic mass is 10.1. The lowest BCUT2D eigenvalue weighted by molar-refractivity contribution is 0.115. The number of benzene rings is 1. The zero-order valence-corrected chi connectivity index (χ0v) is 10.9. The number of likely N-dealkylation sites (N-methyl/N-ethyl adjacent to an activating group) is 1. The Labute approximate surface area is 108 Å². The van der Waals surface area contributed by atoms with E-state index in [4.69, 9.17) is 10.5 Å². The van der Waals surface area contributed by atoms with Crippen molar-refractivity contribution in [3.8, 4) is 0 Å². The molecule has 0 aliphatic carbocycles. The second-order valence-electron chi connectivity index (χ2n) is 4.62. The Morgan fingerprint density at radius 3 is 2.94 bits per heavy atom. The maximum atomic E-state index is 13.7. The molecule has 2 rings (SSSR count). The third-order valence-corrected chi connectivity index (χ3v) is 3.47. The van der Waals surface area contributed by atoms with Crippen LogP contribution in [0.2, 0.25) is 0 Å². The summed E-state index contributed by atoms with van der Waals surface area (Å²) in [5, 5.41) is 0. The maximum absolute atomic E-state index is 13.7. The van der Waals surface area contributed by atoms with Crippen molar-refractivity contribution in [2.24, 2.45) is 5.73 Å². The monoisotopic (exact) mass is 252 g/mol. The van der Waals surface area contributed by atoms with Gasteiger partial charge in [0, 0.05) is 37.5 Å². The number of hydrogen-bond acceptors (Lipinski definition) is 3. The van der Waals surface area contributed by atoms with Gasteiger partial charge in [-0.2, -0.15) is 0 Å². The van der Waals surface area contributed by atoms with Crippen LogP contribution in [0, 0.1) is 5.82 Å². The van der Waals surface area contributed by atoms with Gasteiger partial charge in [-0.25, -0.2) is 4.39 Å². The van der Waals surface area contributed by atoms with Crippen LogP contribution in [0.5, 0.6) is 0 Å². The largest absolute Gasteiger partial charge is 0.376 e. The summed E-state index contributed by atoms with van der Waals surface area (Å²) in [4.78, 5) is 2.15. The molecule has 1 aliphatic heterocycles. The molecular formula is C14H21FN2O. The van der Waals surface area contributed by atoms with E-state index in [1.165, 1.54) is 6.07 Å². The highest BCUT2D eigenvalue weighted by molar-refractivity contribution is 5.54. The van der Waals surface area contributed by atoms with E-state index in [2.05, 4.69) is 11.8 Å². The molecule has 3 nitrogen and oxygen atoms in total. The Morgan fingerprint density at radius 1 is 1.50 bits per heavy atom. The molecule has 18 heavy (non-hydrogen) atoms. The van der Waals surface area contributed by atoms with Crippen molar-refractivity contribution < 1.29 is 9.13 Å². The van der Waals surface area contributed by atoms with Crippen LogP contribution < -0.4 is 10.6 Å². The fraction of sp³-hybridized carbons (Fsp3) is 0.571. The predicted molar refractivity (Wildman–Crippen MR) is 71.2 cm³/mol. The number of nitrogens with zero attached hydrogens (tertiary/aromatic N) is 1. The van der Waals surface area contributed by atoms with Gasteiger partial charge in [0.1, 0.15) is 5.82 Å². The minimum Gasteiger partial charge on any atom is -0.376 e. The molecule has 2 N–H and O–H groups in total. The van der Waals surface area contributed by atoms with Gasteiger partial charge in [0.2, 0.25) is 0 Å². The highest BCUT2D eigenvalue weighted by atomic mass is 19.1. The van der Waals surface area contributed by atoms with Gasteiger partial charge in [-0.15, -0.1) is 0 Å². The minimum absolute atomic E-state index is 0.221. The van der Waals surface area contributed by atoms with Crippen LogP contribution in [0.25, 0.3) is 0 Å². The Morgan fingerprint density at radius 2 is 2.33 bits per heavy atom. The first-order valence-electron chi connectivity index (χ1n) is 6.60. The molecule has 0 spiro atoms. The summed E-state index contributed by atoms with van der Waals surface area (Å²) < 4.78 is 19.4. The average molecular weight is 252 g/mol. The maximum Gasteiger partial charge on any atom is 0.129 e. The van der Waals surface area contributed by atoms with E-state index in [-0.39, 0.29) is 18.5 Å². The Hall–Kier alpha value is -1.13. The van der Waals surface area contributed by atoms with Crippen LogP contribution >= 0.6 is 0 Å². The number of ether oxygens (including phenoxy) is 1. The number of hydrogen-bond donors (Lipinski definition) is 1. The zero-order valence-electron chi connectivity index (χ0n) is 10.9. The van der Waals surface area contributed by atoms with E-state index >= 15 is 0 Å². The summed E-state index contributed by atoms with van der Waals surface area (Å²) in [7, 11) is 0. The van der Waals surface area contributed by atoms with Crippen molar-refractivity contribution in [2.75, 3.05) is 24.6 Å². The third-order valence-electron chi connectivity index (χ3n) is 3.47. The van der Waals surface area contributed by atoms with Gasteiger partial charge in [0.15, 0.2) is 0 Å². The van der Waals surface area contributed by atoms with Crippen LogP contribution in [0.4, 0.5) is 10.1 Å². The first-order chi connectivity index (χ1) is 8.76. The van der Waals surface area contributed by atoms with Gasteiger partial charge in [-0.05, 0) is 31.9 Å². The van der Waals surface area contributed by atoms with E-state index in [0.29, 0.717) is 5.56 Å². The summed E-state index contributed by atoms with van der Waals surface area (Å²) in [5.41, 5.74) is 7.15. The first-order valence-corrected chi connectivity index (χ1v) is 6.60. The van der Waals surface area contributed by atoms with E-state index in [1.54, 1.807) is 6.07 Å². The molecule has 1 fully saturated rings. The van der Waals surface area contributed by atoms with Crippen LogP contribution in [-0.4, -0.2) is 25.8 Å². The van der Waals surface area contributed by atoms with Crippen LogP contribution in [-0.2, 0) is 11.3 Å². The smallest absolute Gasteiger partial charge is 0.129 e. The number of rotatable bonds is 5. The number of halogens is 1. The summed E-state index contributed by atoms with van der Waals surface area (Å²) in [6.07, 6.45) is 2.47. The molecule has 1 aliphatic rings. The molecule has 0 bridgehead atoms. The van der Waals surface area contributed by atoms with Crippen molar-refractivity contribution in [2.45, 2.75) is 32.4 Å². The third kappa shape index (κ3) is 2.82. The van der Waals surface area contributed by atoms with Crippen molar-refractivity contribution >= 4 is 5.69 Å². The molecule has 0 amide bonds. The summed E-state index contributed by atoms with van der Waals surface area (Å²) >= 11 is 0. The molecular weight excluding hydrogens is 231 g/mol. The lowest BCUT2D eigenvalue weighted by Crippen LogP contribution is -2.33. The standard InChI is InChI=1S/C14H21FN2O/c1-2-17(10-11-5-4-8-18-11)14-7-3-6-13(15)12(14)9-16/h3,6-7,11H,2,4-5,8-10,16H2,1H3. The minimum atomic E-state index is -0.221. The van der Waals surface area contributed by atoms with Gasteiger partial charge in [0.25, 0.3) is 0 Å². The molecule has 4 heteroatoms. The predicted octanol–water partition coefficient (Wildman–Crippen LogP) is 2.29. The van der Waals surface area contributed by atoms with Gasteiger partial charge in [-0.1, -0.05) is 6.07 Å². The van der Waals surface area contributed by atoms with Gasteiger partial charge in [-0.3, -0.25) is 0 Å². The quantitative estimate of drug-likeness (QED) is 0.873. The summed E-state index contributed by atoms with van der Waals surface area (Å²) in [6, 6.07) is 5.14. The van der Waals surface area contributed by atoms with Crippen LogP contribution in [0.15, 0.2) is 18.2 Å². The molecule has 100 valence electrons. The highest BCUT2D eigenvalue weighted by Gasteiger charge is 2.20. The first kappa shape index (κ1) is 13.3. The fourth-order valence-corrected chi connectivity index (χ4v) is 2.48. The van der Waals surface area contributed by atoms with Gasteiger partial charge in [0.05, 0.1) is 6.10 Å². The number of anilines is 1. The zero-order chi connectivity index (χ0) is 13.0. The van der Waals surface area contributed by atoms with E-state index in [1.807, 2.05) is 6.07 Å². The highest BCUT2D eigenvalue weighted by Crippen LogP contribution is 2.24. The second kappa shape index (κ2) is 6.16. The van der Waals surface area contributed by atoms with Crippen LogP contribution in [0.1, 0.15) is 25.3 Å². The van der Waals surface area contributed by atoms with Gasteiger partial charge >= 0.3 is 0 Å².